The fourth-order valence-corrected chi connectivity index (χ4v) is 4.35. The van der Waals surface area contributed by atoms with E-state index in [0.717, 1.165) is 6.42 Å². The molecule has 1 nitrogen and oxygen atoms in total. The van der Waals surface area contributed by atoms with Crippen LogP contribution in [0.3, 0.4) is 0 Å². The molecule has 2 aromatic rings. The molecule has 0 spiro atoms. The highest BCUT2D eigenvalue weighted by molar-refractivity contribution is 9.10. The number of hydrogen-bond donors (Lipinski definition) is 1. The fourth-order valence-electron chi connectivity index (χ4n) is 1.94. The van der Waals surface area contributed by atoms with Crippen molar-refractivity contribution in [2.75, 3.05) is 0 Å². The summed E-state index contributed by atoms with van der Waals surface area (Å²) < 4.78 is 1.21. The SMILES string of the molecule is CC(Cc1ccsc1)NC(C)c1sccc1Br. The van der Waals surface area contributed by atoms with Gasteiger partial charge in [-0.1, -0.05) is 0 Å². The van der Waals surface area contributed by atoms with Crippen molar-refractivity contribution in [3.63, 3.8) is 0 Å². The molecule has 0 aliphatic rings. The Morgan fingerprint density at radius 1 is 1.29 bits per heavy atom. The maximum Gasteiger partial charge on any atom is 0.0399 e. The molecule has 2 aromatic heterocycles. The van der Waals surface area contributed by atoms with Crippen LogP contribution in [0.1, 0.15) is 30.3 Å². The quantitative estimate of drug-likeness (QED) is 0.826. The Balaban J connectivity index is 1.90. The van der Waals surface area contributed by atoms with Crippen molar-refractivity contribution < 1.29 is 0 Å². The van der Waals surface area contributed by atoms with E-state index in [-0.39, 0.29) is 0 Å². The second-order valence-electron chi connectivity index (χ2n) is 4.26. The van der Waals surface area contributed by atoms with Crippen molar-refractivity contribution >= 4 is 38.6 Å². The third kappa shape index (κ3) is 3.65. The average Bonchev–Trinajstić information content (AvgIpc) is 2.88. The minimum atomic E-state index is 0.401. The summed E-state index contributed by atoms with van der Waals surface area (Å²) in [6, 6.07) is 5.21. The summed E-state index contributed by atoms with van der Waals surface area (Å²) in [6.07, 6.45) is 1.09. The molecule has 2 atom stereocenters. The fraction of sp³-hybridized carbons (Fsp3) is 0.385. The van der Waals surface area contributed by atoms with Crippen molar-refractivity contribution in [3.05, 3.63) is 43.2 Å². The zero-order chi connectivity index (χ0) is 12.3. The van der Waals surface area contributed by atoms with Crippen molar-refractivity contribution in [2.24, 2.45) is 0 Å². The van der Waals surface area contributed by atoms with Gasteiger partial charge in [-0.05, 0) is 70.0 Å². The Kier molecular flexibility index (Phi) is 4.79. The lowest BCUT2D eigenvalue weighted by molar-refractivity contribution is 0.481. The van der Waals surface area contributed by atoms with Crippen LogP contribution in [0.15, 0.2) is 32.7 Å². The Hall–Kier alpha value is -0.160. The Morgan fingerprint density at radius 2 is 2.12 bits per heavy atom. The van der Waals surface area contributed by atoms with Crippen LogP contribution < -0.4 is 5.32 Å². The zero-order valence-electron chi connectivity index (χ0n) is 9.94. The van der Waals surface area contributed by atoms with Crippen molar-refractivity contribution in [3.8, 4) is 0 Å². The molecule has 17 heavy (non-hydrogen) atoms. The molecule has 0 aliphatic heterocycles. The van der Waals surface area contributed by atoms with Crippen LogP contribution in [0.4, 0.5) is 0 Å². The topological polar surface area (TPSA) is 12.0 Å². The second kappa shape index (κ2) is 6.14. The number of hydrogen-bond acceptors (Lipinski definition) is 3. The van der Waals surface area contributed by atoms with E-state index in [1.54, 1.807) is 22.7 Å². The van der Waals surface area contributed by atoms with E-state index in [0.29, 0.717) is 12.1 Å². The maximum absolute atomic E-state index is 3.65. The summed E-state index contributed by atoms with van der Waals surface area (Å²) in [5, 5.41) is 10.1. The van der Waals surface area contributed by atoms with E-state index >= 15 is 0 Å². The normalized spacial score (nSPS) is 14.8. The van der Waals surface area contributed by atoms with Crippen LogP contribution >= 0.6 is 38.6 Å². The highest BCUT2D eigenvalue weighted by Gasteiger charge is 2.13. The molecule has 0 bridgehead atoms. The van der Waals surface area contributed by atoms with Gasteiger partial charge in [0.2, 0.25) is 0 Å². The van der Waals surface area contributed by atoms with Crippen molar-refractivity contribution in [2.45, 2.75) is 32.4 Å². The van der Waals surface area contributed by atoms with Gasteiger partial charge in [-0.2, -0.15) is 11.3 Å². The van der Waals surface area contributed by atoms with Gasteiger partial charge in [0.25, 0.3) is 0 Å². The molecule has 4 heteroatoms. The summed E-state index contributed by atoms with van der Waals surface area (Å²) in [4.78, 5) is 1.38. The smallest absolute Gasteiger partial charge is 0.0399 e. The number of thiophene rings is 2. The largest absolute Gasteiger partial charge is 0.307 e. The van der Waals surface area contributed by atoms with Crippen LogP contribution in [0.25, 0.3) is 0 Å². The van der Waals surface area contributed by atoms with Gasteiger partial charge in [0.05, 0.1) is 0 Å². The first-order valence-electron chi connectivity index (χ1n) is 5.67. The van der Waals surface area contributed by atoms with Gasteiger partial charge < -0.3 is 5.32 Å². The molecule has 0 aromatic carbocycles. The van der Waals surface area contributed by atoms with Crippen LogP contribution in [0.2, 0.25) is 0 Å². The van der Waals surface area contributed by atoms with Crippen LogP contribution in [0.5, 0.6) is 0 Å². The van der Waals surface area contributed by atoms with E-state index in [9.17, 15) is 0 Å². The van der Waals surface area contributed by atoms with Gasteiger partial charge >= 0.3 is 0 Å². The Bertz CT molecular complexity index is 450. The van der Waals surface area contributed by atoms with E-state index in [1.807, 2.05) is 0 Å². The highest BCUT2D eigenvalue weighted by atomic mass is 79.9. The van der Waals surface area contributed by atoms with E-state index in [2.05, 4.69) is 63.4 Å². The number of nitrogens with one attached hydrogen (secondary N) is 1. The van der Waals surface area contributed by atoms with Crippen LogP contribution in [-0.4, -0.2) is 6.04 Å². The Labute approximate surface area is 119 Å². The molecule has 1 N–H and O–H groups in total. The predicted octanol–water partition coefficient (Wildman–Crippen LogP) is 4.85. The van der Waals surface area contributed by atoms with Crippen LogP contribution in [0, 0.1) is 0 Å². The first-order chi connectivity index (χ1) is 8.16. The van der Waals surface area contributed by atoms with Gasteiger partial charge in [-0.25, -0.2) is 0 Å². The Morgan fingerprint density at radius 3 is 2.71 bits per heavy atom. The molecule has 0 aliphatic carbocycles. The molecule has 2 heterocycles. The summed E-state index contributed by atoms with van der Waals surface area (Å²) in [5.41, 5.74) is 1.42. The lowest BCUT2D eigenvalue weighted by atomic mass is 10.1. The summed E-state index contributed by atoms with van der Waals surface area (Å²) >= 11 is 7.16. The zero-order valence-corrected chi connectivity index (χ0v) is 13.2. The highest BCUT2D eigenvalue weighted by Crippen LogP contribution is 2.29. The molecule has 0 radical (unpaired) electrons. The first-order valence-corrected chi connectivity index (χ1v) is 8.28. The van der Waals surface area contributed by atoms with Gasteiger partial charge in [0.1, 0.15) is 0 Å². The average molecular weight is 330 g/mol. The van der Waals surface area contributed by atoms with Crippen LogP contribution in [-0.2, 0) is 6.42 Å². The third-order valence-corrected chi connectivity index (χ3v) is 5.48. The standard InChI is InChI=1S/C13H16BrNS2/c1-9(7-11-3-5-16-8-11)15-10(2)13-12(14)4-6-17-13/h3-6,8-10,15H,7H2,1-2H3. The molecule has 0 fully saturated rings. The minimum Gasteiger partial charge on any atom is -0.307 e. The number of rotatable bonds is 5. The molecule has 2 rings (SSSR count). The predicted molar refractivity (Wildman–Crippen MR) is 81.1 cm³/mol. The van der Waals surface area contributed by atoms with Gasteiger partial charge in [-0.3, -0.25) is 0 Å². The summed E-state index contributed by atoms with van der Waals surface area (Å²) in [7, 11) is 0. The molecule has 0 amide bonds. The monoisotopic (exact) mass is 329 g/mol. The molecule has 2 unspecified atom stereocenters. The minimum absolute atomic E-state index is 0.401. The summed E-state index contributed by atoms with van der Waals surface area (Å²) in [6.45, 7) is 4.47. The van der Waals surface area contributed by atoms with E-state index in [1.165, 1.54) is 14.9 Å². The molecule has 92 valence electrons. The third-order valence-electron chi connectivity index (χ3n) is 2.69. The molecule has 0 saturated carbocycles. The molecular formula is C13H16BrNS2. The molecule has 0 saturated heterocycles. The van der Waals surface area contributed by atoms with Crippen molar-refractivity contribution in [1.82, 2.24) is 5.32 Å². The first kappa shape index (κ1) is 13.3. The van der Waals surface area contributed by atoms with E-state index in [4.69, 9.17) is 0 Å². The second-order valence-corrected chi connectivity index (χ2v) is 6.84. The molecular weight excluding hydrogens is 314 g/mol. The lowest BCUT2D eigenvalue weighted by Gasteiger charge is -2.19. The maximum atomic E-state index is 3.65. The van der Waals surface area contributed by atoms with Gasteiger partial charge in [0.15, 0.2) is 0 Å². The van der Waals surface area contributed by atoms with Gasteiger partial charge in [-0.15, -0.1) is 11.3 Å². The van der Waals surface area contributed by atoms with Gasteiger partial charge in [0, 0.05) is 21.4 Å². The lowest BCUT2D eigenvalue weighted by Crippen LogP contribution is -2.30. The summed E-state index contributed by atoms with van der Waals surface area (Å²) in [5.74, 6) is 0. The van der Waals surface area contributed by atoms with E-state index < -0.39 is 0 Å². The number of halogens is 1. The van der Waals surface area contributed by atoms with Crippen molar-refractivity contribution in [1.29, 1.82) is 0 Å².